The van der Waals surface area contributed by atoms with Crippen LogP contribution in [0.4, 0.5) is 0 Å². The first-order chi connectivity index (χ1) is 20.2. The molecule has 0 aliphatic heterocycles. The Morgan fingerprint density at radius 1 is 0.537 bits per heavy atom. The average molecular weight is 635 g/mol. The van der Waals surface area contributed by atoms with Gasteiger partial charge in [0.1, 0.15) is 0 Å². The third kappa shape index (κ3) is 26.2. The fraction of sp³-hybridized carbons (Fsp3) is 0.938. The van der Waals surface area contributed by atoms with Crippen LogP contribution in [0.5, 0.6) is 0 Å². The summed E-state index contributed by atoms with van der Waals surface area (Å²) in [6, 6.07) is 0. The maximum Gasteiger partial charge on any atom is 0.175 e. The van der Waals surface area contributed by atoms with Crippen molar-refractivity contribution in [3.63, 3.8) is 0 Å². The topological polar surface area (TPSA) is 84.7 Å². The van der Waals surface area contributed by atoms with Crippen LogP contribution < -0.4 is 0 Å². The Kier molecular flexibility index (Phi) is 28.8. The summed E-state index contributed by atoms with van der Waals surface area (Å²) in [7, 11) is 0. The van der Waals surface area contributed by atoms with Gasteiger partial charge >= 0.3 is 0 Å². The maximum atomic E-state index is 10.2. The second-order valence-corrected chi connectivity index (χ2v) is 14.8. The van der Waals surface area contributed by atoms with E-state index in [9.17, 15) is 10.2 Å². The van der Waals surface area contributed by atoms with Crippen LogP contribution in [0, 0.1) is 0 Å². The second kappa shape index (κ2) is 30.1. The molecule has 0 bridgehead atoms. The smallest absolute Gasteiger partial charge is 0.175 e. The second-order valence-electron chi connectivity index (χ2n) is 11.3. The Morgan fingerprint density at radius 2 is 0.854 bits per heavy atom. The van der Waals surface area contributed by atoms with Crippen LogP contribution in [-0.2, 0) is 9.47 Å². The van der Waals surface area contributed by atoms with E-state index in [2.05, 4.69) is 24.0 Å². The van der Waals surface area contributed by atoms with Crippen LogP contribution in [0.1, 0.15) is 142 Å². The molecule has 0 aliphatic rings. The molecule has 0 aromatic carbocycles. The van der Waals surface area contributed by atoms with Crippen LogP contribution >= 0.6 is 34.9 Å². The highest BCUT2D eigenvalue weighted by molar-refractivity contribution is 8.03. The van der Waals surface area contributed by atoms with Gasteiger partial charge in [-0.15, -0.1) is 10.2 Å². The van der Waals surface area contributed by atoms with E-state index >= 15 is 0 Å². The van der Waals surface area contributed by atoms with Crippen LogP contribution in [0.25, 0.3) is 0 Å². The highest BCUT2D eigenvalue weighted by Crippen LogP contribution is 2.29. The summed E-state index contributed by atoms with van der Waals surface area (Å²) in [5.74, 6) is 1.10. The molecule has 0 saturated carbocycles. The number of aliphatic hydroxyl groups is 2. The van der Waals surface area contributed by atoms with Crippen LogP contribution in [0.15, 0.2) is 8.68 Å². The summed E-state index contributed by atoms with van der Waals surface area (Å²) in [4.78, 5) is 0. The van der Waals surface area contributed by atoms with Gasteiger partial charge in [-0.05, 0) is 12.8 Å². The molecule has 41 heavy (non-hydrogen) atoms. The normalized spacial score (nSPS) is 13.2. The zero-order valence-corrected chi connectivity index (χ0v) is 28.8. The Morgan fingerprint density at radius 3 is 1.20 bits per heavy atom. The van der Waals surface area contributed by atoms with Crippen molar-refractivity contribution >= 4 is 34.9 Å². The fourth-order valence-corrected chi connectivity index (χ4v) is 7.45. The van der Waals surface area contributed by atoms with E-state index in [-0.39, 0.29) is 0 Å². The van der Waals surface area contributed by atoms with Crippen molar-refractivity contribution < 1.29 is 19.7 Å². The molecule has 0 fully saturated rings. The van der Waals surface area contributed by atoms with Crippen LogP contribution in [-0.4, -0.2) is 70.6 Å². The predicted octanol–water partition coefficient (Wildman–Crippen LogP) is 9.32. The molecule has 2 N–H and O–H groups in total. The quantitative estimate of drug-likeness (QED) is 0.0599. The lowest BCUT2D eigenvalue weighted by molar-refractivity contribution is 0.0467. The molecule has 0 spiro atoms. The van der Waals surface area contributed by atoms with E-state index in [1.807, 2.05) is 0 Å². The van der Waals surface area contributed by atoms with E-state index in [1.165, 1.54) is 150 Å². The van der Waals surface area contributed by atoms with Crippen molar-refractivity contribution in [2.75, 3.05) is 37.9 Å². The summed E-state index contributed by atoms with van der Waals surface area (Å²) < 4.78 is 13.0. The lowest BCUT2D eigenvalue weighted by Crippen LogP contribution is -2.18. The zero-order valence-electron chi connectivity index (χ0n) is 26.4. The highest BCUT2D eigenvalue weighted by atomic mass is 32.2. The molecular formula is C32H62N2O4S3. The number of unbranched alkanes of at least 4 members (excludes halogenated alkanes) is 18. The summed E-state index contributed by atoms with van der Waals surface area (Å²) in [5, 5.41) is 28.9. The van der Waals surface area contributed by atoms with Gasteiger partial charge in [-0.2, -0.15) is 0 Å². The van der Waals surface area contributed by atoms with Gasteiger partial charge in [0.15, 0.2) is 8.68 Å². The molecule has 0 amide bonds. The largest absolute Gasteiger partial charge is 0.390 e. The molecule has 9 heteroatoms. The van der Waals surface area contributed by atoms with Gasteiger partial charge in [0.2, 0.25) is 0 Å². The molecule has 2 unspecified atom stereocenters. The number of rotatable bonds is 32. The van der Waals surface area contributed by atoms with E-state index in [0.29, 0.717) is 24.7 Å². The first-order valence-corrected chi connectivity index (χ1v) is 19.5. The summed E-state index contributed by atoms with van der Waals surface area (Å²) in [5.41, 5.74) is 0. The van der Waals surface area contributed by atoms with Gasteiger partial charge in [-0.25, -0.2) is 0 Å². The minimum Gasteiger partial charge on any atom is -0.390 e. The van der Waals surface area contributed by atoms with Gasteiger partial charge in [-0.3, -0.25) is 0 Å². The molecule has 6 nitrogen and oxygen atoms in total. The molecule has 1 heterocycles. The third-order valence-electron chi connectivity index (χ3n) is 7.09. The maximum absolute atomic E-state index is 10.2. The zero-order chi connectivity index (χ0) is 29.6. The molecular weight excluding hydrogens is 573 g/mol. The molecule has 1 aromatic rings. The van der Waals surface area contributed by atoms with E-state index in [4.69, 9.17) is 9.47 Å². The van der Waals surface area contributed by atoms with Crippen molar-refractivity contribution in [1.29, 1.82) is 0 Å². The minimum atomic E-state index is -0.502. The number of aromatic nitrogens is 2. The lowest BCUT2D eigenvalue weighted by atomic mass is 10.1. The van der Waals surface area contributed by atoms with Crippen molar-refractivity contribution in [2.24, 2.45) is 0 Å². The summed E-state index contributed by atoms with van der Waals surface area (Å²) >= 11 is 4.54. The number of aliphatic hydroxyl groups excluding tert-OH is 2. The Bertz CT molecular complexity index is 616. The Balaban J connectivity index is 1.92. The number of thioether (sulfide) groups is 2. The van der Waals surface area contributed by atoms with Crippen molar-refractivity contribution in [1.82, 2.24) is 10.2 Å². The highest BCUT2D eigenvalue weighted by Gasteiger charge is 2.12. The SMILES string of the molecule is CCCCCCCCCCCCOCC(O)CSc1nnc(SCC(O)COCCCCCCCCCCCC)s1. The number of hydrogen-bond acceptors (Lipinski definition) is 9. The van der Waals surface area contributed by atoms with E-state index in [0.717, 1.165) is 34.7 Å². The third-order valence-corrected chi connectivity index (χ3v) is 10.6. The van der Waals surface area contributed by atoms with E-state index in [1.54, 1.807) is 0 Å². The minimum absolute atomic E-state index is 0.371. The van der Waals surface area contributed by atoms with Crippen LogP contribution in [0.3, 0.4) is 0 Å². The molecule has 242 valence electrons. The van der Waals surface area contributed by atoms with E-state index < -0.39 is 12.2 Å². The Labute approximate surface area is 264 Å². The molecule has 1 rings (SSSR count). The summed E-state index contributed by atoms with van der Waals surface area (Å²) in [6.45, 7) is 6.72. The standard InChI is InChI=1S/C32H62N2O4S3/c1-3-5-7-9-11-13-15-17-19-21-23-37-25-29(35)27-39-31-33-34-32(41-31)40-28-30(36)26-38-24-22-20-18-16-14-12-10-8-6-4-2/h29-30,35-36H,3-28H2,1-2H3. The first-order valence-electron chi connectivity index (χ1n) is 16.8. The molecule has 0 saturated heterocycles. The number of ether oxygens (including phenoxy) is 2. The fourth-order valence-electron chi connectivity index (χ4n) is 4.57. The number of hydrogen-bond donors (Lipinski definition) is 2. The monoisotopic (exact) mass is 634 g/mol. The molecule has 0 aliphatic carbocycles. The molecule has 0 radical (unpaired) electrons. The van der Waals surface area contributed by atoms with Crippen LogP contribution in [0.2, 0.25) is 0 Å². The predicted molar refractivity (Wildman–Crippen MR) is 179 cm³/mol. The van der Waals surface area contributed by atoms with Crippen molar-refractivity contribution in [3.8, 4) is 0 Å². The van der Waals surface area contributed by atoms with Gasteiger partial charge in [0.25, 0.3) is 0 Å². The van der Waals surface area contributed by atoms with Crippen molar-refractivity contribution in [2.45, 2.75) is 163 Å². The average Bonchev–Trinajstić information content (AvgIpc) is 3.44. The molecule has 1 aromatic heterocycles. The lowest BCUT2D eigenvalue weighted by Gasteiger charge is -2.10. The molecule has 2 atom stereocenters. The van der Waals surface area contributed by atoms with Gasteiger partial charge in [-0.1, -0.05) is 164 Å². The first kappa shape index (κ1) is 39.1. The number of nitrogens with zero attached hydrogens (tertiary/aromatic N) is 2. The van der Waals surface area contributed by atoms with Gasteiger partial charge in [0.05, 0.1) is 25.4 Å². The van der Waals surface area contributed by atoms with Gasteiger partial charge in [0, 0.05) is 24.7 Å². The summed E-state index contributed by atoms with van der Waals surface area (Å²) in [6.07, 6.45) is 25.3. The van der Waals surface area contributed by atoms with Gasteiger partial charge < -0.3 is 19.7 Å². The van der Waals surface area contributed by atoms with Crippen molar-refractivity contribution in [3.05, 3.63) is 0 Å². The Hall–Kier alpha value is 0.1000.